The Morgan fingerprint density at radius 2 is 1.76 bits per heavy atom. The van der Waals surface area contributed by atoms with Gasteiger partial charge in [0.05, 0.1) is 0 Å². The van der Waals surface area contributed by atoms with Crippen LogP contribution >= 0.6 is 15.9 Å². The molecule has 0 saturated carbocycles. The molecule has 0 bridgehead atoms. The number of benzene rings is 2. The first kappa shape index (κ1) is 18.7. The van der Waals surface area contributed by atoms with Crippen LogP contribution in [-0.4, -0.2) is 30.9 Å². The van der Waals surface area contributed by atoms with Crippen LogP contribution in [0.25, 0.3) is 0 Å². The summed E-state index contributed by atoms with van der Waals surface area (Å²) in [6.45, 7) is 0.745. The van der Waals surface area contributed by atoms with Crippen molar-refractivity contribution in [2.45, 2.75) is 6.92 Å². The maximum absolute atomic E-state index is 11.8. The summed E-state index contributed by atoms with van der Waals surface area (Å²) < 4.78 is 10.9. The number of hydrogen-bond donors (Lipinski definition) is 1. The minimum atomic E-state index is -0.651. The molecular weight excluding hydrogens is 390 g/mol. The normalized spacial score (nSPS) is 10.0. The number of esters is 1. The Bertz CT molecular complexity index is 773. The lowest BCUT2D eigenvalue weighted by Gasteiger charge is -2.08. The van der Waals surface area contributed by atoms with Crippen molar-refractivity contribution in [2.75, 3.05) is 18.5 Å². The molecule has 0 heterocycles. The van der Waals surface area contributed by atoms with Gasteiger partial charge in [-0.3, -0.25) is 9.59 Å². The highest BCUT2D eigenvalue weighted by molar-refractivity contribution is 9.10. The average Bonchev–Trinajstić information content (AvgIpc) is 2.58. The minimum Gasteiger partial charge on any atom is -0.482 e. The Kier molecular flexibility index (Phi) is 6.71. The van der Waals surface area contributed by atoms with E-state index in [4.69, 9.17) is 9.47 Å². The Morgan fingerprint density at radius 3 is 2.40 bits per heavy atom. The summed E-state index contributed by atoms with van der Waals surface area (Å²) in [6, 6.07) is 13.4. The third kappa shape index (κ3) is 6.39. The van der Waals surface area contributed by atoms with Crippen LogP contribution in [0.3, 0.4) is 0 Å². The molecule has 130 valence electrons. The Morgan fingerprint density at radius 1 is 1.04 bits per heavy atom. The summed E-state index contributed by atoms with van der Waals surface area (Å²) >= 11 is 3.29. The van der Waals surface area contributed by atoms with Gasteiger partial charge in [0.15, 0.2) is 19.0 Å². The third-order valence-electron chi connectivity index (χ3n) is 3.09. The van der Waals surface area contributed by atoms with Gasteiger partial charge in [0.1, 0.15) is 5.75 Å². The lowest BCUT2D eigenvalue weighted by Crippen LogP contribution is -2.23. The number of ketones is 1. The number of Topliss-reactive ketones (excluding diaryl/α,β-unsaturated/α-hetero) is 1. The van der Waals surface area contributed by atoms with Crippen LogP contribution in [-0.2, 0) is 14.3 Å². The van der Waals surface area contributed by atoms with Crippen molar-refractivity contribution >= 4 is 39.3 Å². The molecule has 25 heavy (non-hydrogen) atoms. The molecule has 0 aliphatic carbocycles. The van der Waals surface area contributed by atoms with Crippen molar-refractivity contribution in [3.63, 3.8) is 0 Å². The summed E-state index contributed by atoms with van der Waals surface area (Å²) in [6.07, 6.45) is 0. The molecule has 0 spiro atoms. The Hall–Kier alpha value is -2.67. The average molecular weight is 406 g/mol. The summed E-state index contributed by atoms with van der Waals surface area (Å²) in [4.78, 5) is 34.5. The molecule has 7 heteroatoms. The van der Waals surface area contributed by atoms with E-state index in [0.29, 0.717) is 17.0 Å². The van der Waals surface area contributed by atoms with Gasteiger partial charge in [0.25, 0.3) is 5.91 Å². The first-order chi connectivity index (χ1) is 11.9. The number of nitrogens with one attached hydrogen (secondary N) is 1. The Balaban J connectivity index is 1.73. The quantitative estimate of drug-likeness (QED) is 0.564. The zero-order chi connectivity index (χ0) is 18.2. The van der Waals surface area contributed by atoms with Crippen LogP contribution in [0.1, 0.15) is 17.3 Å². The van der Waals surface area contributed by atoms with Crippen molar-refractivity contribution < 1.29 is 23.9 Å². The smallest absolute Gasteiger partial charge is 0.344 e. The summed E-state index contributed by atoms with van der Waals surface area (Å²) in [5.41, 5.74) is 1.06. The van der Waals surface area contributed by atoms with E-state index >= 15 is 0 Å². The second-order valence-corrected chi connectivity index (χ2v) is 6.00. The molecule has 6 nitrogen and oxygen atoms in total. The lowest BCUT2D eigenvalue weighted by atomic mass is 10.1. The van der Waals surface area contributed by atoms with E-state index in [-0.39, 0.29) is 12.4 Å². The number of carbonyl (C=O) groups is 3. The van der Waals surface area contributed by atoms with Gasteiger partial charge in [-0.25, -0.2) is 4.79 Å². The van der Waals surface area contributed by atoms with E-state index in [1.807, 2.05) is 6.07 Å². The van der Waals surface area contributed by atoms with Gasteiger partial charge in [-0.15, -0.1) is 0 Å². The molecule has 0 aromatic heterocycles. The van der Waals surface area contributed by atoms with E-state index in [0.717, 1.165) is 4.47 Å². The fourth-order valence-corrected chi connectivity index (χ4v) is 2.25. The monoisotopic (exact) mass is 405 g/mol. The fourth-order valence-electron chi connectivity index (χ4n) is 1.87. The van der Waals surface area contributed by atoms with E-state index < -0.39 is 18.5 Å². The molecule has 1 N–H and O–H groups in total. The lowest BCUT2D eigenvalue weighted by molar-refractivity contribution is -0.149. The number of rotatable bonds is 7. The number of halogens is 1. The molecule has 0 saturated heterocycles. The van der Waals surface area contributed by atoms with Crippen LogP contribution in [0.2, 0.25) is 0 Å². The minimum absolute atomic E-state index is 0.0581. The number of anilines is 1. The van der Waals surface area contributed by atoms with Crippen molar-refractivity contribution in [1.29, 1.82) is 0 Å². The molecular formula is C18H16BrNO5. The molecule has 0 unspecified atom stereocenters. The molecule has 1 amide bonds. The first-order valence-electron chi connectivity index (χ1n) is 7.39. The summed E-state index contributed by atoms with van der Waals surface area (Å²) in [7, 11) is 0. The number of carbonyl (C=O) groups excluding carboxylic acids is 3. The van der Waals surface area contributed by atoms with Gasteiger partial charge in [-0.05, 0) is 49.4 Å². The molecule has 2 rings (SSSR count). The van der Waals surface area contributed by atoms with Crippen molar-refractivity contribution in [1.82, 2.24) is 0 Å². The zero-order valence-electron chi connectivity index (χ0n) is 13.5. The van der Waals surface area contributed by atoms with Gasteiger partial charge in [0.2, 0.25) is 0 Å². The second kappa shape index (κ2) is 8.98. The predicted octanol–water partition coefficient (Wildman–Crippen LogP) is 3.21. The van der Waals surface area contributed by atoms with E-state index in [1.165, 1.54) is 6.92 Å². The maximum atomic E-state index is 11.8. The van der Waals surface area contributed by atoms with Crippen molar-refractivity contribution in [2.24, 2.45) is 0 Å². The SMILES string of the molecule is CC(=O)c1ccc(NC(=O)COC(=O)COc2cccc(Br)c2)cc1. The molecule has 2 aromatic rings. The molecule has 0 fully saturated rings. The molecule has 0 aliphatic rings. The van der Waals surface area contributed by atoms with Gasteiger partial charge in [-0.1, -0.05) is 22.0 Å². The molecule has 0 atom stereocenters. The Labute approximate surface area is 153 Å². The molecule has 0 aliphatic heterocycles. The molecule has 0 radical (unpaired) electrons. The highest BCUT2D eigenvalue weighted by Crippen LogP contribution is 2.17. The van der Waals surface area contributed by atoms with Crippen LogP contribution < -0.4 is 10.1 Å². The first-order valence-corrected chi connectivity index (χ1v) is 8.18. The fraction of sp³-hybridized carbons (Fsp3) is 0.167. The van der Waals surface area contributed by atoms with Gasteiger partial charge >= 0.3 is 5.97 Å². The van der Waals surface area contributed by atoms with Gasteiger partial charge in [-0.2, -0.15) is 0 Å². The van der Waals surface area contributed by atoms with Crippen LogP contribution in [0.15, 0.2) is 53.0 Å². The van der Waals surface area contributed by atoms with Gasteiger partial charge < -0.3 is 14.8 Å². The van der Waals surface area contributed by atoms with E-state index in [9.17, 15) is 14.4 Å². The molecule has 2 aromatic carbocycles. The third-order valence-corrected chi connectivity index (χ3v) is 3.59. The van der Waals surface area contributed by atoms with Gasteiger partial charge in [0, 0.05) is 15.7 Å². The topological polar surface area (TPSA) is 81.7 Å². The van der Waals surface area contributed by atoms with Crippen LogP contribution in [0.5, 0.6) is 5.75 Å². The highest BCUT2D eigenvalue weighted by Gasteiger charge is 2.09. The summed E-state index contributed by atoms with van der Waals surface area (Å²) in [5, 5.41) is 2.57. The summed E-state index contributed by atoms with van der Waals surface area (Å²) in [5.74, 6) is -0.674. The maximum Gasteiger partial charge on any atom is 0.344 e. The van der Waals surface area contributed by atoms with Crippen molar-refractivity contribution in [3.05, 3.63) is 58.6 Å². The zero-order valence-corrected chi connectivity index (χ0v) is 15.0. The predicted molar refractivity (Wildman–Crippen MR) is 95.7 cm³/mol. The number of amides is 1. The second-order valence-electron chi connectivity index (χ2n) is 5.09. The van der Waals surface area contributed by atoms with E-state index in [1.54, 1.807) is 42.5 Å². The van der Waals surface area contributed by atoms with Crippen molar-refractivity contribution in [3.8, 4) is 5.75 Å². The number of hydrogen-bond acceptors (Lipinski definition) is 5. The largest absolute Gasteiger partial charge is 0.482 e. The van der Waals surface area contributed by atoms with Crippen LogP contribution in [0.4, 0.5) is 5.69 Å². The number of ether oxygens (including phenoxy) is 2. The highest BCUT2D eigenvalue weighted by atomic mass is 79.9. The van der Waals surface area contributed by atoms with E-state index in [2.05, 4.69) is 21.2 Å². The standard InChI is InChI=1S/C18H16BrNO5/c1-12(21)13-5-7-15(8-6-13)20-17(22)10-25-18(23)11-24-16-4-2-3-14(19)9-16/h2-9H,10-11H2,1H3,(H,20,22). The van der Waals surface area contributed by atoms with Crippen LogP contribution in [0, 0.1) is 0 Å².